The third-order valence-corrected chi connectivity index (χ3v) is 7.50. The molecular formula is C23H35IN4O2S. The average Bonchev–Trinajstić information content (AvgIpc) is 2.82. The quantitative estimate of drug-likeness (QED) is 0.337. The summed E-state index contributed by atoms with van der Waals surface area (Å²) in [6, 6.07) is 8.71. The molecule has 2 aliphatic heterocycles. The molecule has 1 saturated heterocycles. The van der Waals surface area contributed by atoms with Gasteiger partial charge in [-0.15, -0.1) is 24.0 Å². The second-order valence-corrected chi connectivity index (χ2v) is 9.68. The lowest BCUT2D eigenvalue weighted by Crippen LogP contribution is -2.48. The molecule has 8 heteroatoms. The first-order chi connectivity index (χ1) is 14.7. The van der Waals surface area contributed by atoms with E-state index in [1.807, 2.05) is 24.9 Å². The van der Waals surface area contributed by atoms with Crippen molar-refractivity contribution in [1.29, 1.82) is 0 Å². The van der Waals surface area contributed by atoms with E-state index in [4.69, 9.17) is 4.74 Å². The first-order valence-electron chi connectivity index (χ1n) is 11.3. The Morgan fingerprint density at radius 3 is 2.65 bits per heavy atom. The van der Waals surface area contributed by atoms with Crippen molar-refractivity contribution >= 4 is 47.6 Å². The van der Waals surface area contributed by atoms with Gasteiger partial charge in [-0.3, -0.25) is 9.79 Å². The highest BCUT2D eigenvalue weighted by Gasteiger charge is 2.30. The topological polar surface area (TPSA) is 66.0 Å². The highest BCUT2D eigenvalue weighted by Crippen LogP contribution is 2.32. The summed E-state index contributed by atoms with van der Waals surface area (Å²) < 4.78 is 5.78. The number of hydrogen-bond acceptors (Lipinski definition) is 4. The van der Waals surface area contributed by atoms with Crippen molar-refractivity contribution in [3.8, 4) is 5.75 Å². The number of nitrogens with one attached hydrogen (secondary N) is 2. The van der Waals surface area contributed by atoms with E-state index in [1.54, 1.807) is 0 Å². The van der Waals surface area contributed by atoms with Crippen LogP contribution in [-0.4, -0.2) is 67.6 Å². The number of thioether (sulfide) groups is 1. The van der Waals surface area contributed by atoms with E-state index in [0.717, 1.165) is 81.6 Å². The van der Waals surface area contributed by atoms with E-state index >= 15 is 0 Å². The van der Waals surface area contributed by atoms with Crippen molar-refractivity contribution in [1.82, 2.24) is 15.5 Å². The smallest absolute Gasteiger partial charge is 0.225 e. The molecule has 0 bridgehead atoms. The maximum Gasteiger partial charge on any atom is 0.225 e. The van der Waals surface area contributed by atoms with E-state index in [-0.39, 0.29) is 29.9 Å². The number of para-hydroxylation sites is 1. The van der Waals surface area contributed by atoms with Gasteiger partial charge in [0.25, 0.3) is 0 Å². The Bertz CT molecular complexity index is 749. The zero-order chi connectivity index (χ0) is 20.8. The molecule has 2 fully saturated rings. The highest BCUT2D eigenvalue weighted by molar-refractivity contribution is 14.0. The molecule has 31 heavy (non-hydrogen) atoms. The number of fused-ring (bicyclic) bond motifs is 1. The molecule has 0 aromatic heterocycles. The van der Waals surface area contributed by atoms with E-state index in [0.29, 0.717) is 17.9 Å². The molecule has 1 atom stereocenters. The Kier molecular flexibility index (Phi) is 9.62. The van der Waals surface area contributed by atoms with Crippen LogP contribution in [0.5, 0.6) is 5.75 Å². The molecule has 1 saturated carbocycles. The van der Waals surface area contributed by atoms with Gasteiger partial charge in [-0.2, -0.15) is 11.8 Å². The van der Waals surface area contributed by atoms with Crippen LogP contribution in [0.25, 0.3) is 0 Å². The van der Waals surface area contributed by atoms with Crippen molar-refractivity contribution in [2.45, 2.75) is 44.1 Å². The van der Waals surface area contributed by atoms with Crippen LogP contribution in [0, 0.1) is 5.92 Å². The SMILES string of the molecule is CN=C(NCC1CCOc2ccccc21)NC1CCC(C(=O)N2CCSCC2)CC1.I. The summed E-state index contributed by atoms with van der Waals surface area (Å²) in [4.78, 5) is 19.3. The lowest BCUT2D eigenvalue weighted by Gasteiger charge is -2.34. The lowest BCUT2D eigenvalue weighted by molar-refractivity contribution is -0.136. The molecule has 0 radical (unpaired) electrons. The van der Waals surface area contributed by atoms with Crippen LogP contribution in [0.15, 0.2) is 29.3 Å². The lowest BCUT2D eigenvalue weighted by atomic mass is 9.85. The third-order valence-electron chi connectivity index (χ3n) is 6.56. The summed E-state index contributed by atoms with van der Waals surface area (Å²) in [5.41, 5.74) is 1.28. The number of carbonyl (C=O) groups excluding carboxylic acids is 1. The molecule has 1 aliphatic carbocycles. The number of nitrogens with zero attached hydrogens (tertiary/aromatic N) is 2. The Morgan fingerprint density at radius 2 is 1.90 bits per heavy atom. The molecule has 1 amide bonds. The third kappa shape index (κ3) is 6.43. The molecule has 3 aliphatic rings. The fourth-order valence-corrected chi connectivity index (χ4v) is 5.67. The van der Waals surface area contributed by atoms with Gasteiger partial charge in [0.15, 0.2) is 5.96 Å². The molecule has 4 rings (SSSR count). The zero-order valence-corrected chi connectivity index (χ0v) is 21.5. The van der Waals surface area contributed by atoms with Gasteiger partial charge in [0.2, 0.25) is 5.91 Å². The summed E-state index contributed by atoms with van der Waals surface area (Å²) >= 11 is 1.95. The van der Waals surface area contributed by atoms with Crippen molar-refractivity contribution in [2.24, 2.45) is 10.9 Å². The number of guanidine groups is 1. The normalized spacial score (nSPS) is 26.2. The Labute approximate surface area is 207 Å². The number of rotatable bonds is 4. The largest absolute Gasteiger partial charge is 0.493 e. The molecular weight excluding hydrogens is 523 g/mol. The first-order valence-corrected chi connectivity index (χ1v) is 12.5. The van der Waals surface area contributed by atoms with Crippen LogP contribution in [0.3, 0.4) is 0 Å². The van der Waals surface area contributed by atoms with Gasteiger partial charge in [-0.25, -0.2) is 0 Å². The minimum absolute atomic E-state index is 0. The predicted molar refractivity (Wildman–Crippen MR) is 139 cm³/mol. The van der Waals surface area contributed by atoms with Crippen LogP contribution < -0.4 is 15.4 Å². The molecule has 1 unspecified atom stereocenters. The molecule has 1 aromatic carbocycles. The van der Waals surface area contributed by atoms with Crippen LogP contribution in [0.1, 0.15) is 43.6 Å². The number of carbonyl (C=O) groups is 1. The average molecular weight is 559 g/mol. The summed E-state index contributed by atoms with van der Waals surface area (Å²) in [5, 5.41) is 7.11. The maximum atomic E-state index is 12.8. The molecule has 2 heterocycles. The first kappa shape index (κ1) is 24.5. The Hall–Kier alpha value is -1.16. The van der Waals surface area contributed by atoms with Crippen molar-refractivity contribution in [3.63, 3.8) is 0 Å². The zero-order valence-electron chi connectivity index (χ0n) is 18.3. The second-order valence-electron chi connectivity index (χ2n) is 8.46. The minimum Gasteiger partial charge on any atom is -0.493 e. The number of halogens is 1. The fraction of sp³-hybridized carbons (Fsp3) is 0.652. The standard InChI is InChI=1S/C23H34N4O2S.HI/c1-24-23(25-16-18-10-13-29-21-5-3-2-4-20(18)21)26-19-8-6-17(7-9-19)22(28)27-11-14-30-15-12-27;/h2-5,17-19H,6-16H2,1H3,(H2,24,25,26);1H. The van der Waals surface area contributed by atoms with E-state index < -0.39 is 0 Å². The number of hydrogen-bond donors (Lipinski definition) is 2. The molecule has 172 valence electrons. The summed E-state index contributed by atoms with van der Waals surface area (Å²) in [5.74, 6) is 5.07. The monoisotopic (exact) mass is 558 g/mol. The van der Waals surface area contributed by atoms with Gasteiger partial charge in [0.1, 0.15) is 5.75 Å². The van der Waals surface area contributed by atoms with Crippen molar-refractivity contribution < 1.29 is 9.53 Å². The Morgan fingerprint density at radius 1 is 1.16 bits per heavy atom. The minimum atomic E-state index is 0. The van der Waals surface area contributed by atoms with Crippen LogP contribution in [0.2, 0.25) is 0 Å². The summed E-state index contributed by atoms with van der Waals surface area (Å²) in [7, 11) is 1.83. The van der Waals surface area contributed by atoms with Crippen LogP contribution in [-0.2, 0) is 4.79 Å². The van der Waals surface area contributed by atoms with Gasteiger partial charge in [0.05, 0.1) is 6.61 Å². The van der Waals surface area contributed by atoms with E-state index in [1.165, 1.54) is 5.56 Å². The van der Waals surface area contributed by atoms with Gasteiger partial charge < -0.3 is 20.3 Å². The number of amides is 1. The van der Waals surface area contributed by atoms with Crippen LogP contribution in [0.4, 0.5) is 0 Å². The van der Waals surface area contributed by atoms with Gasteiger partial charge in [-0.05, 0) is 43.7 Å². The van der Waals surface area contributed by atoms with E-state index in [9.17, 15) is 4.79 Å². The summed E-state index contributed by atoms with van der Waals surface area (Å²) in [6.45, 7) is 3.46. The number of ether oxygens (including phenoxy) is 1. The van der Waals surface area contributed by atoms with Gasteiger partial charge in [-0.1, -0.05) is 18.2 Å². The van der Waals surface area contributed by atoms with Gasteiger partial charge in [0, 0.05) is 56.1 Å². The van der Waals surface area contributed by atoms with E-state index in [2.05, 4.69) is 38.7 Å². The molecule has 0 spiro atoms. The maximum absolute atomic E-state index is 12.8. The Balaban J connectivity index is 0.00000272. The summed E-state index contributed by atoms with van der Waals surface area (Å²) in [6.07, 6.45) is 5.03. The van der Waals surface area contributed by atoms with Crippen LogP contribution >= 0.6 is 35.7 Å². The van der Waals surface area contributed by atoms with Gasteiger partial charge >= 0.3 is 0 Å². The fourth-order valence-electron chi connectivity index (χ4n) is 4.76. The predicted octanol–water partition coefficient (Wildman–Crippen LogP) is 3.47. The highest BCUT2D eigenvalue weighted by atomic mass is 127. The number of benzene rings is 1. The molecule has 6 nitrogen and oxygen atoms in total. The second kappa shape index (κ2) is 12.2. The number of aliphatic imine (C=N–C) groups is 1. The molecule has 2 N–H and O–H groups in total. The molecule has 1 aromatic rings. The van der Waals surface area contributed by atoms with Crippen molar-refractivity contribution in [2.75, 3.05) is 44.8 Å². The van der Waals surface area contributed by atoms with Crippen molar-refractivity contribution in [3.05, 3.63) is 29.8 Å².